The van der Waals surface area contributed by atoms with Crippen LogP contribution in [0.2, 0.25) is 5.02 Å². The Morgan fingerprint density at radius 2 is 2.22 bits per heavy atom. The molecule has 1 aliphatic rings. The zero-order chi connectivity index (χ0) is 16.8. The highest BCUT2D eigenvalue weighted by atomic mass is 35.5. The van der Waals surface area contributed by atoms with Crippen molar-refractivity contribution in [2.75, 3.05) is 11.4 Å². The average Bonchev–Trinajstić information content (AvgIpc) is 2.69. The van der Waals surface area contributed by atoms with Crippen molar-refractivity contribution < 1.29 is 4.79 Å². The van der Waals surface area contributed by atoms with Gasteiger partial charge in [-0.1, -0.05) is 36.4 Å². The van der Waals surface area contributed by atoms with Crippen molar-refractivity contribution in [1.82, 2.24) is 0 Å². The zero-order valence-electron chi connectivity index (χ0n) is 13.5. The molecule has 0 aliphatic carbocycles. The van der Waals surface area contributed by atoms with Crippen LogP contribution in [-0.4, -0.2) is 12.5 Å². The number of nitrogens with zero attached hydrogens (tertiary/aromatic N) is 1. The van der Waals surface area contributed by atoms with E-state index in [9.17, 15) is 4.79 Å². The summed E-state index contributed by atoms with van der Waals surface area (Å²) in [6, 6.07) is 5.74. The Kier molecular flexibility index (Phi) is 6.20. The summed E-state index contributed by atoms with van der Waals surface area (Å²) in [6.07, 6.45) is 8.52. The molecule has 122 valence electrons. The van der Waals surface area contributed by atoms with Crippen molar-refractivity contribution in [3.8, 4) is 0 Å². The topological polar surface area (TPSA) is 46.3 Å². The molecular weight excluding hydrogens is 308 g/mol. The van der Waals surface area contributed by atoms with E-state index in [-0.39, 0.29) is 5.91 Å². The Bertz CT molecular complexity index is 661. The number of fused-ring (bicyclic) bond motifs is 1. The van der Waals surface area contributed by atoms with Gasteiger partial charge in [0.15, 0.2) is 0 Å². The molecule has 0 fully saturated rings. The fourth-order valence-electron chi connectivity index (χ4n) is 2.81. The van der Waals surface area contributed by atoms with E-state index < -0.39 is 0 Å². The molecule has 1 aromatic carbocycles. The van der Waals surface area contributed by atoms with Crippen LogP contribution < -0.4 is 10.6 Å². The maximum atomic E-state index is 12.9. The third-order valence-electron chi connectivity index (χ3n) is 3.94. The molecule has 0 saturated heterocycles. The van der Waals surface area contributed by atoms with Crippen molar-refractivity contribution in [3.63, 3.8) is 0 Å². The lowest BCUT2D eigenvalue weighted by Gasteiger charge is -2.26. The number of carbonyl (C=O) groups excluding carboxylic acids is 1. The molecular formula is C19H23ClN2O. The average molecular weight is 331 g/mol. The monoisotopic (exact) mass is 330 g/mol. The van der Waals surface area contributed by atoms with E-state index in [1.165, 1.54) is 0 Å². The smallest absolute Gasteiger partial charge is 0.231 e. The lowest BCUT2D eigenvalue weighted by Crippen LogP contribution is -2.30. The number of nitrogens with two attached hydrogens (primary N) is 1. The van der Waals surface area contributed by atoms with Crippen molar-refractivity contribution in [2.24, 2.45) is 5.73 Å². The molecule has 1 amide bonds. The van der Waals surface area contributed by atoms with Crippen LogP contribution in [0.5, 0.6) is 0 Å². The van der Waals surface area contributed by atoms with Crippen molar-refractivity contribution in [2.45, 2.75) is 32.6 Å². The number of carbonyl (C=O) groups is 1. The Balaban J connectivity index is 2.60. The summed E-state index contributed by atoms with van der Waals surface area (Å²) in [5, 5.41) is 0.627. The molecule has 0 atom stereocenters. The van der Waals surface area contributed by atoms with Gasteiger partial charge in [-0.25, -0.2) is 0 Å². The molecule has 0 aromatic heterocycles. The minimum absolute atomic E-state index is 0.0355. The van der Waals surface area contributed by atoms with E-state index in [1.54, 1.807) is 4.90 Å². The number of aryl methyl sites for hydroxylation is 1. The van der Waals surface area contributed by atoms with Crippen LogP contribution in [0.1, 0.15) is 31.7 Å². The van der Waals surface area contributed by atoms with Crippen LogP contribution in [0, 0.1) is 0 Å². The predicted molar refractivity (Wildman–Crippen MR) is 97.6 cm³/mol. The van der Waals surface area contributed by atoms with Crippen molar-refractivity contribution in [3.05, 3.63) is 64.9 Å². The van der Waals surface area contributed by atoms with Gasteiger partial charge in [0.2, 0.25) is 5.91 Å². The van der Waals surface area contributed by atoms with Crippen LogP contribution in [0.3, 0.4) is 0 Å². The molecule has 4 heteroatoms. The number of rotatable bonds is 5. The molecule has 2 rings (SSSR count). The second-order valence-electron chi connectivity index (χ2n) is 5.51. The predicted octanol–water partition coefficient (Wildman–Crippen LogP) is 4.37. The Labute approximate surface area is 143 Å². The SMILES string of the molecule is C=CC1=C(/C=C\C)N(C(=O)CCCN)c2cc(Cl)ccc2CC1. The molecule has 0 spiro atoms. The summed E-state index contributed by atoms with van der Waals surface area (Å²) >= 11 is 6.19. The molecule has 1 heterocycles. The van der Waals surface area contributed by atoms with Crippen molar-refractivity contribution >= 4 is 23.2 Å². The van der Waals surface area contributed by atoms with Crippen molar-refractivity contribution in [1.29, 1.82) is 0 Å². The van der Waals surface area contributed by atoms with Crippen LogP contribution in [-0.2, 0) is 11.2 Å². The van der Waals surface area contributed by atoms with Gasteiger partial charge < -0.3 is 5.73 Å². The molecule has 2 N–H and O–H groups in total. The Morgan fingerprint density at radius 3 is 2.87 bits per heavy atom. The maximum absolute atomic E-state index is 12.9. The first-order chi connectivity index (χ1) is 11.1. The third-order valence-corrected chi connectivity index (χ3v) is 4.17. The standard InChI is InChI=1S/C19H23ClN2O/c1-3-6-17-14(4-2)8-9-15-10-11-16(20)13-18(15)22(17)19(23)7-5-12-21/h3-4,6,10-11,13H,2,5,7-9,12,21H2,1H3/b6-3-. The first-order valence-corrected chi connectivity index (χ1v) is 8.30. The quantitative estimate of drug-likeness (QED) is 0.871. The number of benzene rings is 1. The van der Waals surface area contributed by atoms with Gasteiger partial charge in [0, 0.05) is 11.4 Å². The third kappa shape index (κ3) is 3.92. The molecule has 0 saturated carbocycles. The second-order valence-corrected chi connectivity index (χ2v) is 5.95. The largest absolute Gasteiger partial charge is 0.330 e. The normalized spacial score (nSPS) is 14.8. The first kappa shape index (κ1) is 17.5. The lowest BCUT2D eigenvalue weighted by molar-refractivity contribution is -0.118. The summed E-state index contributed by atoms with van der Waals surface area (Å²) in [5.74, 6) is 0.0355. The highest BCUT2D eigenvalue weighted by Gasteiger charge is 2.25. The van der Waals surface area contributed by atoms with Crippen LogP contribution in [0.25, 0.3) is 0 Å². The summed E-state index contributed by atoms with van der Waals surface area (Å²) in [5.41, 5.74) is 9.50. The fourth-order valence-corrected chi connectivity index (χ4v) is 2.97. The van der Waals surface area contributed by atoms with Crippen LogP contribution in [0.15, 0.2) is 54.3 Å². The summed E-state index contributed by atoms with van der Waals surface area (Å²) in [7, 11) is 0. The number of allylic oxidation sites excluding steroid dienone is 4. The fraction of sp³-hybridized carbons (Fsp3) is 0.316. The van der Waals surface area contributed by atoms with E-state index in [0.29, 0.717) is 24.4 Å². The molecule has 0 bridgehead atoms. The van der Waals surface area contributed by atoms with Gasteiger partial charge in [-0.05, 0) is 62.1 Å². The maximum Gasteiger partial charge on any atom is 0.231 e. The number of halogens is 1. The van der Waals surface area contributed by atoms with Gasteiger partial charge in [-0.2, -0.15) is 0 Å². The van der Waals surface area contributed by atoms with Crippen LogP contribution in [0.4, 0.5) is 5.69 Å². The van der Waals surface area contributed by atoms with E-state index in [1.807, 2.05) is 43.4 Å². The highest BCUT2D eigenvalue weighted by molar-refractivity contribution is 6.31. The summed E-state index contributed by atoms with van der Waals surface area (Å²) in [4.78, 5) is 14.6. The van der Waals surface area contributed by atoms with Gasteiger partial charge >= 0.3 is 0 Å². The molecule has 23 heavy (non-hydrogen) atoms. The molecule has 0 radical (unpaired) electrons. The van der Waals surface area contributed by atoms with Gasteiger partial charge in [-0.3, -0.25) is 9.69 Å². The first-order valence-electron chi connectivity index (χ1n) is 7.92. The van der Waals surface area contributed by atoms with Gasteiger partial charge in [0.05, 0.1) is 11.4 Å². The molecule has 1 aliphatic heterocycles. The molecule has 0 unspecified atom stereocenters. The number of hydrogen-bond donors (Lipinski definition) is 1. The van der Waals surface area contributed by atoms with Gasteiger partial charge in [-0.15, -0.1) is 0 Å². The minimum Gasteiger partial charge on any atom is -0.330 e. The minimum atomic E-state index is 0.0355. The number of hydrogen-bond acceptors (Lipinski definition) is 2. The lowest BCUT2D eigenvalue weighted by atomic mass is 10.0. The van der Waals surface area contributed by atoms with Gasteiger partial charge in [0.1, 0.15) is 0 Å². The van der Waals surface area contributed by atoms with E-state index in [2.05, 4.69) is 6.58 Å². The Morgan fingerprint density at radius 1 is 1.43 bits per heavy atom. The summed E-state index contributed by atoms with van der Waals surface area (Å²) < 4.78 is 0. The zero-order valence-corrected chi connectivity index (χ0v) is 14.3. The Hall–Kier alpha value is -1.84. The summed E-state index contributed by atoms with van der Waals surface area (Å²) in [6.45, 7) is 6.36. The highest BCUT2D eigenvalue weighted by Crippen LogP contribution is 2.35. The van der Waals surface area contributed by atoms with Crippen LogP contribution >= 0.6 is 11.6 Å². The molecule has 3 nitrogen and oxygen atoms in total. The van der Waals surface area contributed by atoms with Gasteiger partial charge in [0.25, 0.3) is 0 Å². The number of anilines is 1. The van der Waals surface area contributed by atoms with E-state index >= 15 is 0 Å². The van der Waals surface area contributed by atoms with E-state index in [0.717, 1.165) is 35.4 Å². The second kappa shape index (κ2) is 8.14. The molecule has 1 aromatic rings. The van der Waals surface area contributed by atoms with E-state index in [4.69, 9.17) is 17.3 Å². The number of amides is 1.